The lowest BCUT2D eigenvalue weighted by molar-refractivity contribution is 0.0326. The molecule has 3 rings (SSSR count). The predicted octanol–water partition coefficient (Wildman–Crippen LogP) is 4.63. The first-order valence-corrected chi connectivity index (χ1v) is 12.0. The summed E-state index contributed by atoms with van der Waals surface area (Å²) in [7, 11) is 1.53. The van der Waals surface area contributed by atoms with Crippen molar-refractivity contribution in [3.63, 3.8) is 0 Å². The van der Waals surface area contributed by atoms with Crippen LogP contribution in [0.3, 0.4) is 0 Å². The highest BCUT2D eigenvalue weighted by atomic mass is 16.3. The van der Waals surface area contributed by atoms with Crippen LogP contribution in [0.1, 0.15) is 69.4 Å². The number of aliphatic hydroxyl groups is 2. The highest BCUT2D eigenvalue weighted by molar-refractivity contribution is 6.06. The number of allylic oxidation sites excluding steroid dienone is 5. The maximum atomic E-state index is 14.2. The van der Waals surface area contributed by atoms with Gasteiger partial charge in [0, 0.05) is 18.4 Å². The molecule has 6 unspecified atom stereocenters. The minimum Gasteiger partial charge on any atom is -0.505 e. The SMILES string of the molecule is CC1=CC2CC(C)CCC2C(C)(C(=O)c2c(O)c(CO)n(C)c2O)C1/C=C/C=C/CC(C)O. The molecule has 1 heterocycles. The van der Waals surface area contributed by atoms with E-state index in [1.165, 1.54) is 11.6 Å². The Morgan fingerprint density at radius 3 is 2.61 bits per heavy atom. The number of carbonyl (C=O) groups is 1. The Labute approximate surface area is 197 Å². The molecule has 6 atom stereocenters. The number of ketones is 1. The van der Waals surface area contributed by atoms with E-state index in [-0.39, 0.29) is 46.4 Å². The lowest BCUT2D eigenvalue weighted by atomic mass is 9.51. The first-order valence-electron chi connectivity index (χ1n) is 12.0. The summed E-state index contributed by atoms with van der Waals surface area (Å²) in [5.41, 5.74) is 0.281. The molecule has 0 spiro atoms. The van der Waals surface area contributed by atoms with E-state index in [1.807, 2.05) is 31.2 Å². The van der Waals surface area contributed by atoms with Crippen LogP contribution < -0.4 is 0 Å². The molecule has 182 valence electrons. The maximum Gasteiger partial charge on any atom is 0.206 e. The van der Waals surface area contributed by atoms with Gasteiger partial charge in [0.15, 0.2) is 11.5 Å². The standard InChI is InChI=1S/C27H39NO5/c1-16-11-12-21-19(13-16)14-17(2)20(10-8-6-7-9-18(3)30)27(21,4)25(32)23-24(31)22(15-29)28(5)26(23)33/h6-8,10,14,16,18-21,29-31,33H,9,11-13,15H2,1-5H3/b7-6+,10-8+. The summed E-state index contributed by atoms with van der Waals surface area (Å²) in [5.74, 6) is -0.197. The van der Waals surface area contributed by atoms with Gasteiger partial charge in [0.05, 0.1) is 18.4 Å². The van der Waals surface area contributed by atoms with E-state index in [0.29, 0.717) is 12.3 Å². The molecule has 4 N–H and O–H groups in total. The minimum atomic E-state index is -0.860. The van der Waals surface area contributed by atoms with Crippen LogP contribution in [0.15, 0.2) is 36.0 Å². The fourth-order valence-electron chi connectivity index (χ4n) is 6.05. The summed E-state index contributed by atoms with van der Waals surface area (Å²) in [4.78, 5) is 14.2. The van der Waals surface area contributed by atoms with Gasteiger partial charge in [-0.05, 0) is 50.9 Å². The summed E-state index contributed by atoms with van der Waals surface area (Å²) in [6.07, 6.45) is 13.2. The Hall–Kier alpha value is -2.31. The van der Waals surface area contributed by atoms with Crippen molar-refractivity contribution >= 4 is 5.78 Å². The van der Waals surface area contributed by atoms with E-state index in [2.05, 4.69) is 19.9 Å². The van der Waals surface area contributed by atoms with Crippen molar-refractivity contribution in [1.82, 2.24) is 4.57 Å². The van der Waals surface area contributed by atoms with Crippen LogP contribution in [-0.2, 0) is 13.7 Å². The van der Waals surface area contributed by atoms with Crippen molar-refractivity contribution in [2.45, 2.75) is 66.1 Å². The van der Waals surface area contributed by atoms with Gasteiger partial charge >= 0.3 is 0 Å². The molecule has 1 fully saturated rings. The number of aromatic hydroxyl groups is 2. The van der Waals surface area contributed by atoms with Crippen LogP contribution in [0.25, 0.3) is 0 Å². The van der Waals surface area contributed by atoms with E-state index in [4.69, 9.17) is 0 Å². The number of hydrogen-bond donors (Lipinski definition) is 4. The van der Waals surface area contributed by atoms with Gasteiger partial charge in [-0.1, -0.05) is 56.2 Å². The van der Waals surface area contributed by atoms with Crippen molar-refractivity contribution in [3.8, 4) is 11.6 Å². The molecular formula is C27H39NO5. The van der Waals surface area contributed by atoms with E-state index < -0.39 is 18.1 Å². The third-order valence-corrected chi connectivity index (χ3v) is 7.90. The second-order valence-corrected chi connectivity index (χ2v) is 10.3. The molecule has 0 saturated heterocycles. The molecule has 0 amide bonds. The van der Waals surface area contributed by atoms with Crippen LogP contribution in [0, 0.1) is 29.1 Å². The van der Waals surface area contributed by atoms with Crippen molar-refractivity contribution < 1.29 is 25.2 Å². The quantitative estimate of drug-likeness (QED) is 0.272. The summed E-state index contributed by atoms with van der Waals surface area (Å²) in [6, 6.07) is 0. The smallest absolute Gasteiger partial charge is 0.206 e. The summed E-state index contributed by atoms with van der Waals surface area (Å²) in [6.45, 7) is 7.54. The zero-order chi connectivity index (χ0) is 24.5. The Kier molecular flexibility index (Phi) is 7.59. The summed E-state index contributed by atoms with van der Waals surface area (Å²) >= 11 is 0. The van der Waals surface area contributed by atoms with Gasteiger partial charge in [0.1, 0.15) is 5.56 Å². The molecule has 2 aliphatic carbocycles. The number of fused-ring (bicyclic) bond motifs is 1. The monoisotopic (exact) mass is 457 g/mol. The fourth-order valence-corrected chi connectivity index (χ4v) is 6.05. The first kappa shape index (κ1) is 25.3. The second kappa shape index (κ2) is 9.90. The fraction of sp³-hybridized carbons (Fsp3) is 0.593. The molecule has 2 aliphatic rings. The molecule has 0 aliphatic heterocycles. The number of Topliss-reactive ketones (excluding diaryl/α,β-unsaturated/α-hetero) is 1. The molecule has 6 nitrogen and oxygen atoms in total. The molecule has 0 radical (unpaired) electrons. The number of hydrogen-bond acceptors (Lipinski definition) is 5. The number of rotatable bonds is 7. The van der Waals surface area contributed by atoms with E-state index in [9.17, 15) is 25.2 Å². The highest BCUT2D eigenvalue weighted by Crippen LogP contribution is 2.57. The normalized spacial score (nSPS) is 31.1. The summed E-state index contributed by atoms with van der Waals surface area (Å²) in [5, 5.41) is 40.6. The topological polar surface area (TPSA) is 103 Å². The van der Waals surface area contributed by atoms with E-state index >= 15 is 0 Å². The van der Waals surface area contributed by atoms with Gasteiger partial charge in [-0.25, -0.2) is 0 Å². The van der Waals surface area contributed by atoms with Gasteiger partial charge in [-0.2, -0.15) is 0 Å². The number of carbonyl (C=O) groups excluding carboxylic acids is 1. The van der Waals surface area contributed by atoms with Crippen LogP contribution in [0.2, 0.25) is 0 Å². The van der Waals surface area contributed by atoms with Gasteiger partial charge < -0.3 is 25.0 Å². The van der Waals surface area contributed by atoms with Gasteiger partial charge in [0.2, 0.25) is 5.88 Å². The molecule has 1 saturated carbocycles. The molecule has 6 heteroatoms. The molecular weight excluding hydrogens is 418 g/mol. The largest absolute Gasteiger partial charge is 0.505 e. The third kappa shape index (κ3) is 4.56. The third-order valence-electron chi connectivity index (χ3n) is 7.90. The lowest BCUT2D eigenvalue weighted by Crippen LogP contribution is -2.49. The van der Waals surface area contributed by atoms with Crippen molar-refractivity contribution in [2.24, 2.45) is 36.1 Å². The number of aliphatic hydroxyl groups excluding tert-OH is 2. The first-order chi connectivity index (χ1) is 15.5. The molecule has 1 aromatic heterocycles. The Balaban J connectivity index is 2.10. The number of aromatic nitrogens is 1. The highest BCUT2D eigenvalue weighted by Gasteiger charge is 2.54. The molecule has 33 heavy (non-hydrogen) atoms. The minimum absolute atomic E-state index is 0.0811. The van der Waals surface area contributed by atoms with E-state index in [0.717, 1.165) is 24.8 Å². The van der Waals surface area contributed by atoms with Gasteiger partial charge in [-0.3, -0.25) is 4.79 Å². The molecule has 1 aromatic rings. The van der Waals surface area contributed by atoms with Crippen molar-refractivity contribution in [2.75, 3.05) is 0 Å². The number of nitrogens with zero attached hydrogens (tertiary/aromatic N) is 1. The van der Waals surface area contributed by atoms with Crippen molar-refractivity contribution in [3.05, 3.63) is 47.2 Å². The zero-order valence-corrected chi connectivity index (χ0v) is 20.5. The Morgan fingerprint density at radius 2 is 2.00 bits per heavy atom. The van der Waals surface area contributed by atoms with Gasteiger partial charge in [-0.15, -0.1) is 0 Å². The predicted molar refractivity (Wildman–Crippen MR) is 129 cm³/mol. The Morgan fingerprint density at radius 1 is 1.30 bits per heavy atom. The van der Waals surface area contributed by atoms with Crippen LogP contribution >= 0.6 is 0 Å². The second-order valence-electron chi connectivity index (χ2n) is 10.3. The molecule has 0 aromatic carbocycles. The lowest BCUT2D eigenvalue weighted by Gasteiger charge is -2.51. The summed E-state index contributed by atoms with van der Waals surface area (Å²) < 4.78 is 1.28. The van der Waals surface area contributed by atoms with Crippen LogP contribution in [0.5, 0.6) is 11.6 Å². The zero-order valence-electron chi connectivity index (χ0n) is 20.5. The average molecular weight is 458 g/mol. The van der Waals surface area contributed by atoms with Crippen LogP contribution in [-0.4, -0.2) is 36.9 Å². The van der Waals surface area contributed by atoms with E-state index in [1.54, 1.807) is 6.92 Å². The maximum absolute atomic E-state index is 14.2. The van der Waals surface area contributed by atoms with Crippen LogP contribution in [0.4, 0.5) is 0 Å². The molecule has 0 bridgehead atoms. The Bertz CT molecular complexity index is 970. The average Bonchev–Trinajstić information content (AvgIpc) is 2.96. The van der Waals surface area contributed by atoms with Crippen molar-refractivity contribution in [1.29, 1.82) is 0 Å². The van der Waals surface area contributed by atoms with Gasteiger partial charge in [0.25, 0.3) is 0 Å².